The number of nitrogens with two attached hydrogens (primary N) is 2. The smallest absolute Gasteiger partial charge is 0.227 e. The molecule has 1 aliphatic rings. The lowest BCUT2D eigenvalue weighted by Gasteiger charge is -2.19. The fraction of sp³-hybridized carbons (Fsp3) is 0.273. The third-order valence-electron chi connectivity index (χ3n) is 2.89. The molecular formula is C11H11Cl2N3O2. The molecule has 0 spiro atoms. The van der Waals surface area contributed by atoms with Crippen molar-refractivity contribution in [2.24, 2.45) is 11.7 Å². The summed E-state index contributed by atoms with van der Waals surface area (Å²) < 4.78 is 0. The molecule has 0 aromatic heterocycles. The molecule has 1 atom stereocenters. The summed E-state index contributed by atoms with van der Waals surface area (Å²) in [6.07, 6.45) is 0.0923. The Hall–Kier alpha value is -1.46. The Labute approximate surface area is 114 Å². The highest BCUT2D eigenvalue weighted by Gasteiger charge is 2.34. The zero-order valence-corrected chi connectivity index (χ0v) is 10.8. The molecule has 1 fully saturated rings. The number of nitrogen functional groups attached to an aromatic ring is 1. The number of hydrogen-bond donors (Lipinski definition) is 2. The zero-order chi connectivity index (χ0) is 13.4. The second-order valence-corrected chi connectivity index (χ2v) is 4.95. The lowest BCUT2D eigenvalue weighted by atomic mass is 10.1. The van der Waals surface area contributed by atoms with Crippen molar-refractivity contribution in [1.29, 1.82) is 0 Å². The Balaban J connectivity index is 2.35. The largest absolute Gasteiger partial charge is 0.397 e. The molecule has 1 heterocycles. The maximum absolute atomic E-state index is 11.8. The normalized spacial score (nSPS) is 19.3. The Morgan fingerprint density at radius 1 is 1.33 bits per heavy atom. The van der Waals surface area contributed by atoms with Gasteiger partial charge in [0.2, 0.25) is 11.8 Å². The summed E-state index contributed by atoms with van der Waals surface area (Å²) in [5, 5.41) is 0.618. The predicted octanol–water partition coefficient (Wildman–Crippen LogP) is 1.41. The summed E-state index contributed by atoms with van der Waals surface area (Å²) in [6.45, 7) is 0.219. The van der Waals surface area contributed by atoms with Crippen molar-refractivity contribution < 1.29 is 9.59 Å². The second-order valence-electron chi connectivity index (χ2n) is 4.13. The number of primary amides is 1. The number of nitrogens with zero attached hydrogens (tertiary/aromatic N) is 1. The minimum Gasteiger partial charge on any atom is -0.397 e. The van der Waals surface area contributed by atoms with Crippen LogP contribution in [-0.2, 0) is 9.59 Å². The summed E-state index contributed by atoms with van der Waals surface area (Å²) in [4.78, 5) is 24.3. The zero-order valence-electron chi connectivity index (χ0n) is 9.32. The van der Waals surface area contributed by atoms with Gasteiger partial charge in [-0.2, -0.15) is 0 Å². The molecule has 7 heteroatoms. The van der Waals surface area contributed by atoms with E-state index >= 15 is 0 Å². The lowest BCUT2D eigenvalue weighted by Crippen LogP contribution is -2.28. The maximum atomic E-state index is 11.8. The number of halogens is 2. The van der Waals surface area contributed by atoms with Crippen LogP contribution in [0.15, 0.2) is 12.1 Å². The summed E-state index contributed by atoms with van der Waals surface area (Å²) in [7, 11) is 0. The number of carbonyl (C=O) groups is 2. The maximum Gasteiger partial charge on any atom is 0.227 e. The molecule has 1 aromatic rings. The molecule has 0 bridgehead atoms. The number of benzene rings is 1. The molecule has 1 aromatic carbocycles. The lowest BCUT2D eigenvalue weighted by molar-refractivity contribution is -0.123. The molecule has 5 nitrogen and oxygen atoms in total. The minimum atomic E-state index is -0.496. The van der Waals surface area contributed by atoms with Gasteiger partial charge in [-0.05, 0) is 12.1 Å². The predicted molar refractivity (Wildman–Crippen MR) is 70.5 cm³/mol. The highest BCUT2D eigenvalue weighted by Crippen LogP contribution is 2.35. The Bertz CT molecular complexity index is 533. The molecule has 18 heavy (non-hydrogen) atoms. The van der Waals surface area contributed by atoms with Crippen molar-refractivity contribution >= 4 is 46.4 Å². The molecule has 0 radical (unpaired) electrons. The highest BCUT2D eigenvalue weighted by atomic mass is 35.5. The van der Waals surface area contributed by atoms with E-state index in [4.69, 9.17) is 34.7 Å². The topological polar surface area (TPSA) is 89.4 Å². The molecule has 1 unspecified atom stereocenters. The van der Waals surface area contributed by atoms with Gasteiger partial charge in [-0.1, -0.05) is 23.2 Å². The van der Waals surface area contributed by atoms with E-state index in [1.807, 2.05) is 0 Å². The second kappa shape index (κ2) is 4.66. The van der Waals surface area contributed by atoms with Gasteiger partial charge in [0.15, 0.2) is 0 Å². The van der Waals surface area contributed by atoms with Crippen molar-refractivity contribution in [3.05, 3.63) is 22.2 Å². The van der Waals surface area contributed by atoms with Gasteiger partial charge in [-0.15, -0.1) is 0 Å². The summed E-state index contributed by atoms with van der Waals surface area (Å²) in [5.74, 6) is -1.19. The summed E-state index contributed by atoms with van der Waals surface area (Å²) in [6, 6.07) is 2.99. The fourth-order valence-electron chi connectivity index (χ4n) is 1.92. The standard InChI is InChI=1S/C11H11Cl2N3O2/c12-6-2-8(14)9(3-7(6)13)16-4-5(11(15)18)1-10(16)17/h2-3,5H,1,4,14H2,(H2,15,18). The van der Waals surface area contributed by atoms with Gasteiger partial charge in [0, 0.05) is 13.0 Å². The average molecular weight is 288 g/mol. The van der Waals surface area contributed by atoms with E-state index in [1.54, 1.807) is 0 Å². The molecule has 0 saturated carbocycles. The third-order valence-corrected chi connectivity index (χ3v) is 3.61. The van der Waals surface area contributed by atoms with Crippen LogP contribution in [-0.4, -0.2) is 18.4 Å². The van der Waals surface area contributed by atoms with Crippen LogP contribution in [0.4, 0.5) is 11.4 Å². The molecular weight excluding hydrogens is 277 g/mol. The first-order valence-electron chi connectivity index (χ1n) is 5.24. The van der Waals surface area contributed by atoms with E-state index in [2.05, 4.69) is 0 Å². The van der Waals surface area contributed by atoms with Crippen LogP contribution in [0, 0.1) is 5.92 Å². The van der Waals surface area contributed by atoms with Crippen LogP contribution in [0.2, 0.25) is 10.0 Å². The van der Waals surface area contributed by atoms with Gasteiger partial charge in [-0.25, -0.2) is 0 Å². The molecule has 96 valence electrons. The third kappa shape index (κ3) is 2.23. The van der Waals surface area contributed by atoms with Gasteiger partial charge in [0.25, 0.3) is 0 Å². The van der Waals surface area contributed by atoms with Crippen LogP contribution in [0.5, 0.6) is 0 Å². The van der Waals surface area contributed by atoms with Crippen molar-refractivity contribution in [1.82, 2.24) is 0 Å². The first-order chi connectivity index (χ1) is 8.40. The van der Waals surface area contributed by atoms with Gasteiger partial charge < -0.3 is 16.4 Å². The van der Waals surface area contributed by atoms with Crippen molar-refractivity contribution in [3.63, 3.8) is 0 Å². The number of carbonyl (C=O) groups excluding carboxylic acids is 2. The Kier molecular flexibility index (Phi) is 3.36. The number of rotatable bonds is 2. The van der Waals surface area contributed by atoms with Crippen LogP contribution < -0.4 is 16.4 Å². The van der Waals surface area contributed by atoms with Crippen LogP contribution in [0.3, 0.4) is 0 Å². The first-order valence-corrected chi connectivity index (χ1v) is 6.00. The fourth-order valence-corrected chi connectivity index (χ4v) is 2.25. The molecule has 2 amide bonds. The first kappa shape index (κ1) is 13.0. The molecule has 0 aliphatic carbocycles. The van der Waals surface area contributed by atoms with Crippen molar-refractivity contribution in [2.45, 2.75) is 6.42 Å². The van der Waals surface area contributed by atoms with Crippen molar-refractivity contribution in [3.8, 4) is 0 Å². The van der Waals surface area contributed by atoms with Gasteiger partial charge in [0.1, 0.15) is 0 Å². The Morgan fingerprint density at radius 3 is 2.50 bits per heavy atom. The van der Waals surface area contributed by atoms with E-state index in [0.717, 1.165) is 0 Å². The number of anilines is 2. The number of hydrogen-bond acceptors (Lipinski definition) is 3. The Morgan fingerprint density at radius 2 is 1.94 bits per heavy atom. The van der Waals surface area contributed by atoms with E-state index in [-0.39, 0.29) is 18.9 Å². The van der Waals surface area contributed by atoms with Gasteiger partial charge in [0.05, 0.1) is 27.3 Å². The van der Waals surface area contributed by atoms with E-state index < -0.39 is 11.8 Å². The van der Waals surface area contributed by atoms with E-state index in [9.17, 15) is 9.59 Å². The van der Waals surface area contributed by atoms with Crippen LogP contribution >= 0.6 is 23.2 Å². The van der Waals surface area contributed by atoms with E-state index in [1.165, 1.54) is 17.0 Å². The summed E-state index contributed by atoms with van der Waals surface area (Å²) >= 11 is 11.7. The molecule has 2 rings (SSSR count). The van der Waals surface area contributed by atoms with Crippen LogP contribution in [0.1, 0.15) is 6.42 Å². The quantitative estimate of drug-likeness (QED) is 0.806. The minimum absolute atomic E-state index is 0.0923. The monoisotopic (exact) mass is 287 g/mol. The average Bonchev–Trinajstić information content (AvgIpc) is 2.66. The van der Waals surface area contributed by atoms with Gasteiger partial charge >= 0.3 is 0 Å². The van der Waals surface area contributed by atoms with Crippen molar-refractivity contribution in [2.75, 3.05) is 17.2 Å². The summed E-state index contributed by atoms with van der Waals surface area (Å²) in [5.41, 5.74) is 11.8. The number of amides is 2. The molecule has 4 N–H and O–H groups in total. The van der Waals surface area contributed by atoms with E-state index in [0.29, 0.717) is 21.4 Å². The molecule has 1 aliphatic heterocycles. The van der Waals surface area contributed by atoms with Crippen LogP contribution in [0.25, 0.3) is 0 Å². The SMILES string of the molecule is NC(=O)C1CC(=O)N(c2cc(Cl)c(Cl)cc2N)C1. The molecule has 1 saturated heterocycles. The highest BCUT2D eigenvalue weighted by molar-refractivity contribution is 6.42. The van der Waals surface area contributed by atoms with Gasteiger partial charge in [-0.3, -0.25) is 9.59 Å².